The van der Waals surface area contributed by atoms with Gasteiger partial charge in [0.05, 0.1) is 11.8 Å². The zero-order valence-corrected chi connectivity index (χ0v) is 12.1. The first-order valence-electron chi connectivity index (χ1n) is 5.65. The van der Waals surface area contributed by atoms with Crippen molar-refractivity contribution in [3.63, 3.8) is 0 Å². The molecule has 0 bridgehead atoms. The fourth-order valence-corrected chi connectivity index (χ4v) is 3.47. The standard InChI is InChI=1S/C10H22N2O3S2/c1-3-5-12-9(10(11)13)4-6-16-7-8-17(2,14)15/h9,12H,3-8H2,1-2H3,(H2,11,13). The maximum absolute atomic E-state index is 11.1. The predicted molar refractivity (Wildman–Crippen MR) is 72.9 cm³/mol. The smallest absolute Gasteiger partial charge is 0.234 e. The lowest BCUT2D eigenvalue weighted by atomic mass is 10.2. The second-order valence-electron chi connectivity index (χ2n) is 3.94. The number of amides is 1. The minimum Gasteiger partial charge on any atom is -0.368 e. The Bertz CT molecular complexity index is 318. The van der Waals surface area contributed by atoms with Gasteiger partial charge in [-0.2, -0.15) is 11.8 Å². The summed E-state index contributed by atoms with van der Waals surface area (Å²) in [6.07, 6.45) is 2.82. The summed E-state index contributed by atoms with van der Waals surface area (Å²) in [5, 5.41) is 3.07. The molecule has 1 amide bonds. The molecule has 0 heterocycles. The summed E-state index contributed by atoms with van der Waals surface area (Å²) in [4.78, 5) is 11.1. The van der Waals surface area contributed by atoms with Gasteiger partial charge in [0.1, 0.15) is 9.84 Å². The van der Waals surface area contributed by atoms with Crippen LogP contribution in [0.4, 0.5) is 0 Å². The molecule has 1 atom stereocenters. The first kappa shape index (κ1) is 16.7. The molecule has 0 aliphatic rings. The average Bonchev–Trinajstić information content (AvgIpc) is 2.20. The van der Waals surface area contributed by atoms with Crippen LogP contribution in [0.5, 0.6) is 0 Å². The molecular weight excluding hydrogens is 260 g/mol. The summed E-state index contributed by atoms with van der Waals surface area (Å²) < 4.78 is 21.8. The molecule has 102 valence electrons. The number of hydrogen-bond acceptors (Lipinski definition) is 5. The largest absolute Gasteiger partial charge is 0.368 e. The number of carbonyl (C=O) groups is 1. The highest BCUT2D eigenvalue weighted by Gasteiger charge is 2.13. The fourth-order valence-electron chi connectivity index (χ4n) is 1.18. The van der Waals surface area contributed by atoms with E-state index in [4.69, 9.17) is 5.73 Å². The van der Waals surface area contributed by atoms with Crippen molar-refractivity contribution < 1.29 is 13.2 Å². The van der Waals surface area contributed by atoms with Crippen molar-refractivity contribution in [3.8, 4) is 0 Å². The summed E-state index contributed by atoms with van der Waals surface area (Å²) in [6.45, 7) is 2.79. The minimum atomic E-state index is -2.88. The van der Waals surface area contributed by atoms with Gasteiger partial charge in [-0.15, -0.1) is 0 Å². The first-order chi connectivity index (χ1) is 7.87. The van der Waals surface area contributed by atoms with Crippen LogP contribution in [0, 0.1) is 0 Å². The highest BCUT2D eigenvalue weighted by Crippen LogP contribution is 2.06. The molecule has 7 heteroatoms. The van der Waals surface area contributed by atoms with Gasteiger partial charge in [-0.3, -0.25) is 4.79 Å². The Hall–Kier alpha value is -0.270. The van der Waals surface area contributed by atoms with Crippen LogP contribution in [-0.2, 0) is 14.6 Å². The Labute approximate surface area is 108 Å². The lowest BCUT2D eigenvalue weighted by Gasteiger charge is -2.14. The Morgan fingerprint density at radius 1 is 1.41 bits per heavy atom. The molecule has 17 heavy (non-hydrogen) atoms. The fraction of sp³-hybridized carbons (Fsp3) is 0.900. The topological polar surface area (TPSA) is 89.3 Å². The van der Waals surface area contributed by atoms with Crippen LogP contribution in [0.3, 0.4) is 0 Å². The van der Waals surface area contributed by atoms with E-state index in [0.29, 0.717) is 12.2 Å². The molecular formula is C10H22N2O3S2. The number of hydrogen-bond donors (Lipinski definition) is 2. The molecule has 0 fully saturated rings. The van der Waals surface area contributed by atoms with Gasteiger partial charge in [-0.25, -0.2) is 8.42 Å². The quantitative estimate of drug-likeness (QED) is 0.551. The van der Waals surface area contributed by atoms with Crippen molar-refractivity contribution in [2.45, 2.75) is 25.8 Å². The Balaban J connectivity index is 3.72. The molecule has 0 radical (unpaired) electrons. The third kappa shape index (κ3) is 10.6. The van der Waals surface area contributed by atoms with Crippen LogP contribution in [0.2, 0.25) is 0 Å². The van der Waals surface area contributed by atoms with E-state index in [1.165, 1.54) is 18.0 Å². The first-order valence-corrected chi connectivity index (χ1v) is 8.86. The summed E-state index contributed by atoms with van der Waals surface area (Å²) in [5.74, 6) is 1.14. The summed E-state index contributed by atoms with van der Waals surface area (Å²) in [6, 6.07) is -0.305. The predicted octanol–water partition coefficient (Wildman–Crippen LogP) is 0.00780. The number of thioether (sulfide) groups is 1. The zero-order chi connectivity index (χ0) is 13.3. The third-order valence-corrected chi connectivity index (χ3v) is 4.35. The molecule has 0 rings (SSSR count). The lowest BCUT2D eigenvalue weighted by Crippen LogP contribution is -2.42. The summed E-state index contributed by atoms with van der Waals surface area (Å²) >= 11 is 1.53. The monoisotopic (exact) mass is 282 g/mol. The van der Waals surface area contributed by atoms with Crippen LogP contribution in [0.1, 0.15) is 19.8 Å². The molecule has 0 saturated carbocycles. The van der Waals surface area contributed by atoms with Gasteiger partial charge in [-0.05, 0) is 25.1 Å². The van der Waals surface area contributed by atoms with Crippen molar-refractivity contribution in [2.24, 2.45) is 5.73 Å². The number of rotatable bonds is 10. The van der Waals surface area contributed by atoms with Crippen molar-refractivity contribution in [3.05, 3.63) is 0 Å². The number of nitrogens with two attached hydrogens (primary N) is 1. The van der Waals surface area contributed by atoms with E-state index in [1.807, 2.05) is 6.92 Å². The second-order valence-corrected chi connectivity index (χ2v) is 7.42. The Morgan fingerprint density at radius 3 is 2.53 bits per heavy atom. The van der Waals surface area contributed by atoms with Gasteiger partial charge >= 0.3 is 0 Å². The maximum Gasteiger partial charge on any atom is 0.234 e. The Morgan fingerprint density at radius 2 is 2.06 bits per heavy atom. The van der Waals surface area contributed by atoms with E-state index in [9.17, 15) is 13.2 Å². The molecule has 3 N–H and O–H groups in total. The number of primary amides is 1. The van der Waals surface area contributed by atoms with E-state index in [0.717, 1.165) is 18.7 Å². The molecule has 0 aromatic heterocycles. The van der Waals surface area contributed by atoms with Crippen LogP contribution in [0.25, 0.3) is 0 Å². The number of carbonyl (C=O) groups excluding carboxylic acids is 1. The molecule has 0 saturated heterocycles. The van der Waals surface area contributed by atoms with Crippen LogP contribution < -0.4 is 11.1 Å². The van der Waals surface area contributed by atoms with Gasteiger partial charge in [-0.1, -0.05) is 6.92 Å². The number of sulfone groups is 1. The SMILES string of the molecule is CCCNC(CCSCCS(C)(=O)=O)C(N)=O. The van der Waals surface area contributed by atoms with E-state index >= 15 is 0 Å². The van der Waals surface area contributed by atoms with Crippen molar-refractivity contribution >= 4 is 27.5 Å². The van der Waals surface area contributed by atoms with Gasteiger partial charge in [0.25, 0.3) is 0 Å². The molecule has 5 nitrogen and oxygen atoms in total. The third-order valence-electron chi connectivity index (χ3n) is 2.13. The highest BCUT2D eigenvalue weighted by atomic mass is 32.2. The molecule has 0 spiro atoms. The van der Waals surface area contributed by atoms with E-state index in [2.05, 4.69) is 5.32 Å². The van der Waals surface area contributed by atoms with E-state index in [1.54, 1.807) is 0 Å². The van der Waals surface area contributed by atoms with Crippen LogP contribution in [-0.4, -0.2) is 50.4 Å². The molecule has 0 aliphatic carbocycles. The van der Waals surface area contributed by atoms with E-state index in [-0.39, 0.29) is 17.7 Å². The Kier molecular flexibility index (Phi) is 8.63. The van der Waals surface area contributed by atoms with Crippen LogP contribution in [0.15, 0.2) is 0 Å². The second kappa shape index (κ2) is 8.77. The van der Waals surface area contributed by atoms with E-state index < -0.39 is 9.84 Å². The maximum atomic E-state index is 11.1. The lowest BCUT2D eigenvalue weighted by molar-refractivity contribution is -0.120. The molecule has 0 aromatic carbocycles. The van der Waals surface area contributed by atoms with Gasteiger partial charge in [0, 0.05) is 12.0 Å². The van der Waals surface area contributed by atoms with Crippen molar-refractivity contribution in [2.75, 3.05) is 30.1 Å². The van der Waals surface area contributed by atoms with Gasteiger partial charge in [0.15, 0.2) is 0 Å². The van der Waals surface area contributed by atoms with Gasteiger partial charge < -0.3 is 11.1 Å². The van der Waals surface area contributed by atoms with Crippen molar-refractivity contribution in [1.82, 2.24) is 5.32 Å². The van der Waals surface area contributed by atoms with Crippen molar-refractivity contribution in [1.29, 1.82) is 0 Å². The van der Waals surface area contributed by atoms with Gasteiger partial charge in [0.2, 0.25) is 5.91 Å². The zero-order valence-electron chi connectivity index (χ0n) is 10.4. The average molecular weight is 282 g/mol. The summed E-state index contributed by atoms with van der Waals surface area (Å²) in [5.41, 5.74) is 5.25. The summed E-state index contributed by atoms with van der Waals surface area (Å²) in [7, 11) is -2.88. The normalized spacial score (nSPS) is 13.5. The highest BCUT2D eigenvalue weighted by molar-refractivity contribution is 8.00. The number of nitrogens with one attached hydrogen (secondary N) is 1. The molecule has 0 aliphatic heterocycles. The molecule has 1 unspecified atom stereocenters. The minimum absolute atomic E-state index is 0.182. The molecule has 0 aromatic rings. The van der Waals surface area contributed by atoms with Crippen LogP contribution >= 0.6 is 11.8 Å².